The second kappa shape index (κ2) is 9.84. The molecular formula is C22H34ClN3O2. The number of nitrogens with zero attached hydrogens (tertiary/aromatic N) is 2. The maximum absolute atomic E-state index is 12.8. The van der Waals surface area contributed by atoms with Gasteiger partial charge in [0.05, 0.1) is 23.4 Å². The Morgan fingerprint density at radius 1 is 1.18 bits per heavy atom. The molecule has 3 rings (SSSR count). The van der Waals surface area contributed by atoms with E-state index >= 15 is 0 Å². The van der Waals surface area contributed by atoms with Crippen molar-refractivity contribution in [1.82, 2.24) is 10.2 Å². The number of methoxy groups -OCH3 is 1. The molecule has 0 aromatic heterocycles. The molecule has 1 aliphatic heterocycles. The van der Waals surface area contributed by atoms with Crippen LogP contribution < -0.4 is 15.0 Å². The SMILES string of the molecule is COc1cc(N(C)C)c(Cl)cc1C(=O)NC1CCN(CC2CCCCC2)CC1. The van der Waals surface area contributed by atoms with E-state index in [-0.39, 0.29) is 11.9 Å². The van der Waals surface area contributed by atoms with Crippen molar-refractivity contribution in [1.29, 1.82) is 0 Å². The number of likely N-dealkylation sites (tertiary alicyclic amines) is 1. The highest BCUT2D eigenvalue weighted by Gasteiger charge is 2.25. The van der Waals surface area contributed by atoms with Crippen molar-refractivity contribution in [3.8, 4) is 5.75 Å². The molecule has 2 aliphatic rings. The summed E-state index contributed by atoms with van der Waals surface area (Å²) < 4.78 is 5.45. The van der Waals surface area contributed by atoms with Gasteiger partial charge in [0.25, 0.3) is 5.91 Å². The van der Waals surface area contributed by atoms with Crippen molar-refractivity contribution in [3.63, 3.8) is 0 Å². The molecule has 1 aromatic carbocycles. The predicted octanol–water partition coefficient (Wildman–Crippen LogP) is 4.19. The molecule has 1 aliphatic carbocycles. The first-order valence-electron chi connectivity index (χ1n) is 10.6. The molecule has 1 amide bonds. The van der Waals surface area contributed by atoms with Gasteiger partial charge in [-0.25, -0.2) is 0 Å². The first kappa shape index (κ1) is 21.3. The molecular weight excluding hydrogens is 374 g/mol. The summed E-state index contributed by atoms with van der Waals surface area (Å²) >= 11 is 6.37. The number of piperidine rings is 1. The topological polar surface area (TPSA) is 44.8 Å². The predicted molar refractivity (Wildman–Crippen MR) is 116 cm³/mol. The number of carbonyl (C=O) groups excluding carboxylic acids is 1. The highest BCUT2D eigenvalue weighted by atomic mass is 35.5. The van der Waals surface area contributed by atoms with E-state index in [4.69, 9.17) is 16.3 Å². The van der Waals surface area contributed by atoms with Crippen molar-refractivity contribution < 1.29 is 9.53 Å². The summed E-state index contributed by atoms with van der Waals surface area (Å²) in [4.78, 5) is 17.3. The molecule has 1 saturated carbocycles. The van der Waals surface area contributed by atoms with Gasteiger partial charge in [0.2, 0.25) is 0 Å². The van der Waals surface area contributed by atoms with Crippen LogP contribution in [-0.2, 0) is 0 Å². The van der Waals surface area contributed by atoms with Crippen molar-refractivity contribution in [3.05, 3.63) is 22.7 Å². The van der Waals surface area contributed by atoms with Crippen LogP contribution in [-0.4, -0.2) is 57.7 Å². The molecule has 0 atom stereocenters. The zero-order chi connectivity index (χ0) is 20.1. The number of rotatable bonds is 6. The van der Waals surface area contributed by atoms with E-state index in [1.54, 1.807) is 13.2 Å². The van der Waals surface area contributed by atoms with Gasteiger partial charge >= 0.3 is 0 Å². The van der Waals surface area contributed by atoms with Gasteiger partial charge in [-0.3, -0.25) is 4.79 Å². The molecule has 6 heteroatoms. The summed E-state index contributed by atoms with van der Waals surface area (Å²) in [6.07, 6.45) is 8.99. The van der Waals surface area contributed by atoms with Crippen LogP contribution in [0.25, 0.3) is 0 Å². The first-order chi connectivity index (χ1) is 13.5. The Kier molecular flexibility index (Phi) is 7.47. The monoisotopic (exact) mass is 407 g/mol. The second-order valence-corrected chi connectivity index (χ2v) is 8.86. The maximum atomic E-state index is 12.8. The minimum atomic E-state index is -0.102. The fourth-order valence-electron chi connectivity index (χ4n) is 4.49. The lowest BCUT2D eigenvalue weighted by atomic mass is 9.88. The number of anilines is 1. The summed E-state index contributed by atoms with van der Waals surface area (Å²) in [5.74, 6) is 1.33. The third-order valence-electron chi connectivity index (χ3n) is 6.16. The van der Waals surface area contributed by atoms with Gasteiger partial charge < -0.3 is 19.9 Å². The van der Waals surface area contributed by atoms with Gasteiger partial charge in [0.1, 0.15) is 5.75 Å². The quantitative estimate of drug-likeness (QED) is 0.767. The summed E-state index contributed by atoms with van der Waals surface area (Å²) in [5, 5.41) is 3.75. The molecule has 1 heterocycles. The second-order valence-electron chi connectivity index (χ2n) is 8.45. The lowest BCUT2D eigenvalue weighted by Gasteiger charge is -2.35. The molecule has 0 unspecified atom stereocenters. The Morgan fingerprint density at radius 3 is 2.46 bits per heavy atom. The number of amides is 1. The maximum Gasteiger partial charge on any atom is 0.255 e. The summed E-state index contributed by atoms with van der Waals surface area (Å²) in [5.41, 5.74) is 1.34. The minimum absolute atomic E-state index is 0.102. The summed E-state index contributed by atoms with van der Waals surface area (Å²) in [6, 6.07) is 3.75. The van der Waals surface area contributed by atoms with E-state index < -0.39 is 0 Å². The van der Waals surface area contributed by atoms with Gasteiger partial charge in [-0.15, -0.1) is 0 Å². The van der Waals surface area contributed by atoms with E-state index in [1.165, 1.54) is 38.6 Å². The Balaban J connectivity index is 1.55. The molecule has 156 valence electrons. The average molecular weight is 408 g/mol. The van der Waals surface area contributed by atoms with Crippen LogP contribution in [0, 0.1) is 5.92 Å². The van der Waals surface area contributed by atoms with Crippen molar-refractivity contribution >= 4 is 23.2 Å². The lowest BCUT2D eigenvalue weighted by Crippen LogP contribution is -2.46. The summed E-state index contributed by atoms with van der Waals surface area (Å²) in [7, 11) is 5.42. The fourth-order valence-corrected chi connectivity index (χ4v) is 4.82. The highest BCUT2D eigenvalue weighted by molar-refractivity contribution is 6.33. The largest absolute Gasteiger partial charge is 0.496 e. The fraction of sp³-hybridized carbons (Fsp3) is 0.682. The molecule has 1 aromatic rings. The van der Waals surface area contributed by atoms with Crippen LogP contribution >= 0.6 is 11.6 Å². The van der Waals surface area contributed by atoms with E-state index in [0.717, 1.165) is 37.5 Å². The number of benzene rings is 1. The van der Waals surface area contributed by atoms with Crippen LogP contribution in [0.5, 0.6) is 5.75 Å². The molecule has 2 fully saturated rings. The number of ether oxygens (including phenoxy) is 1. The van der Waals surface area contributed by atoms with Crippen molar-refractivity contribution in [2.45, 2.75) is 51.0 Å². The molecule has 0 bridgehead atoms. The van der Waals surface area contributed by atoms with E-state index in [0.29, 0.717) is 16.3 Å². The Hall–Kier alpha value is -1.46. The normalized spacial score (nSPS) is 19.4. The van der Waals surface area contributed by atoms with Crippen LogP contribution in [0.15, 0.2) is 12.1 Å². The number of hydrogen-bond acceptors (Lipinski definition) is 4. The third-order valence-corrected chi connectivity index (χ3v) is 6.46. The van der Waals surface area contributed by atoms with Gasteiger partial charge in [-0.2, -0.15) is 0 Å². The van der Waals surface area contributed by atoms with E-state index in [1.807, 2.05) is 25.1 Å². The van der Waals surface area contributed by atoms with E-state index in [9.17, 15) is 4.79 Å². The van der Waals surface area contributed by atoms with Crippen LogP contribution in [0.2, 0.25) is 5.02 Å². The third kappa shape index (κ3) is 5.32. The van der Waals surface area contributed by atoms with Crippen LogP contribution in [0.4, 0.5) is 5.69 Å². The van der Waals surface area contributed by atoms with Gasteiger partial charge in [-0.1, -0.05) is 30.9 Å². The highest BCUT2D eigenvalue weighted by Crippen LogP contribution is 2.33. The molecule has 0 spiro atoms. The molecule has 0 radical (unpaired) electrons. The number of hydrogen-bond donors (Lipinski definition) is 1. The molecule has 5 nitrogen and oxygen atoms in total. The van der Waals surface area contributed by atoms with E-state index in [2.05, 4.69) is 10.2 Å². The average Bonchev–Trinajstić information content (AvgIpc) is 2.69. The number of carbonyl (C=O) groups is 1. The van der Waals surface area contributed by atoms with Crippen LogP contribution in [0.1, 0.15) is 55.3 Å². The number of halogens is 1. The zero-order valence-corrected chi connectivity index (χ0v) is 18.2. The van der Waals surface area contributed by atoms with Crippen LogP contribution in [0.3, 0.4) is 0 Å². The molecule has 1 N–H and O–H groups in total. The first-order valence-corrected chi connectivity index (χ1v) is 10.9. The van der Waals surface area contributed by atoms with Crippen molar-refractivity contribution in [2.75, 3.05) is 45.7 Å². The summed E-state index contributed by atoms with van der Waals surface area (Å²) in [6.45, 7) is 3.37. The Labute approximate surface area is 174 Å². The van der Waals surface area contributed by atoms with Gasteiger partial charge in [0, 0.05) is 45.8 Å². The smallest absolute Gasteiger partial charge is 0.255 e. The Bertz CT molecular complexity index is 666. The molecule has 28 heavy (non-hydrogen) atoms. The Morgan fingerprint density at radius 2 is 1.86 bits per heavy atom. The minimum Gasteiger partial charge on any atom is -0.496 e. The van der Waals surface area contributed by atoms with Crippen molar-refractivity contribution in [2.24, 2.45) is 5.92 Å². The lowest BCUT2D eigenvalue weighted by molar-refractivity contribution is 0.0898. The standard InChI is InChI=1S/C22H34ClN3O2/c1-25(2)20-14-21(28-3)18(13-19(20)23)22(27)24-17-9-11-26(12-10-17)15-16-7-5-4-6-8-16/h13-14,16-17H,4-12,15H2,1-3H3,(H,24,27). The van der Waals surface area contributed by atoms with Gasteiger partial charge in [-0.05, 0) is 37.7 Å². The van der Waals surface area contributed by atoms with Gasteiger partial charge in [0.15, 0.2) is 0 Å². The molecule has 1 saturated heterocycles. The zero-order valence-electron chi connectivity index (χ0n) is 17.5. The number of nitrogens with one attached hydrogen (secondary N) is 1.